The second kappa shape index (κ2) is 5.08. The van der Waals surface area contributed by atoms with Crippen LogP contribution in [0.2, 0.25) is 0 Å². The highest BCUT2D eigenvalue weighted by molar-refractivity contribution is 6.07. The fraction of sp³-hybridized carbons (Fsp3) is 0.250. The van der Waals surface area contributed by atoms with Crippen molar-refractivity contribution in [2.75, 3.05) is 6.54 Å². The van der Waals surface area contributed by atoms with Crippen LogP contribution in [0, 0.1) is 0 Å². The Morgan fingerprint density at radius 1 is 1.40 bits per heavy atom. The smallest absolute Gasteiger partial charge is 0.354 e. The van der Waals surface area contributed by atoms with E-state index < -0.39 is 29.7 Å². The van der Waals surface area contributed by atoms with Gasteiger partial charge in [-0.2, -0.15) is 0 Å². The molecular formula is C12H11N3O5. The molecule has 0 aliphatic carbocycles. The van der Waals surface area contributed by atoms with Crippen molar-refractivity contribution < 1.29 is 24.3 Å². The van der Waals surface area contributed by atoms with Gasteiger partial charge in [-0.05, 0) is 19.1 Å². The fourth-order valence-corrected chi connectivity index (χ4v) is 1.77. The number of carbonyl (C=O) groups excluding carboxylic acids is 3. The summed E-state index contributed by atoms with van der Waals surface area (Å²) in [7, 11) is 0. The number of carboxylic acid groups (broad SMARTS) is 1. The van der Waals surface area contributed by atoms with Crippen molar-refractivity contribution in [3.63, 3.8) is 0 Å². The van der Waals surface area contributed by atoms with Gasteiger partial charge in [0.1, 0.15) is 18.3 Å². The van der Waals surface area contributed by atoms with E-state index in [1.54, 1.807) is 0 Å². The van der Waals surface area contributed by atoms with E-state index >= 15 is 0 Å². The van der Waals surface area contributed by atoms with Gasteiger partial charge in [0.25, 0.3) is 5.91 Å². The topological polar surface area (TPSA) is 117 Å². The molecule has 1 aliphatic heterocycles. The molecule has 1 saturated heterocycles. The number of amides is 3. The molecule has 104 valence electrons. The Morgan fingerprint density at radius 2 is 2.10 bits per heavy atom. The standard InChI is InChI=1S/C12H11N3O5/c1-6-10(17)14-9(16)5-15(6)11(18)7-2-3-8(12(19)20)13-4-7/h2-4,6H,5H2,1H3,(H,19,20)(H,14,16,17). The van der Waals surface area contributed by atoms with E-state index in [0.29, 0.717) is 0 Å². The lowest BCUT2D eigenvalue weighted by atomic mass is 10.1. The lowest BCUT2D eigenvalue weighted by Crippen LogP contribution is -2.58. The van der Waals surface area contributed by atoms with E-state index in [-0.39, 0.29) is 17.8 Å². The average molecular weight is 277 g/mol. The number of nitrogens with zero attached hydrogens (tertiary/aromatic N) is 2. The average Bonchev–Trinajstić information content (AvgIpc) is 2.42. The highest BCUT2D eigenvalue weighted by Crippen LogP contribution is 2.11. The number of pyridine rings is 1. The Morgan fingerprint density at radius 3 is 2.65 bits per heavy atom. The van der Waals surface area contributed by atoms with Crippen molar-refractivity contribution in [1.29, 1.82) is 0 Å². The third-order valence-corrected chi connectivity index (χ3v) is 2.91. The van der Waals surface area contributed by atoms with Crippen LogP contribution in [-0.2, 0) is 9.59 Å². The summed E-state index contributed by atoms with van der Waals surface area (Å²) in [6.45, 7) is 1.27. The van der Waals surface area contributed by atoms with Crippen molar-refractivity contribution in [2.45, 2.75) is 13.0 Å². The van der Waals surface area contributed by atoms with Crippen LogP contribution in [0.1, 0.15) is 27.8 Å². The molecule has 0 aromatic carbocycles. The first kappa shape index (κ1) is 13.7. The molecule has 1 aliphatic rings. The first-order chi connectivity index (χ1) is 9.40. The Hall–Kier alpha value is -2.77. The van der Waals surface area contributed by atoms with Crippen molar-refractivity contribution in [3.05, 3.63) is 29.6 Å². The van der Waals surface area contributed by atoms with Crippen LogP contribution in [0.15, 0.2) is 18.3 Å². The molecule has 1 aromatic heterocycles. The summed E-state index contributed by atoms with van der Waals surface area (Å²) in [4.78, 5) is 50.4. The normalized spacial score (nSPS) is 18.6. The minimum absolute atomic E-state index is 0.115. The molecule has 1 atom stereocenters. The van der Waals surface area contributed by atoms with Crippen molar-refractivity contribution in [3.8, 4) is 0 Å². The van der Waals surface area contributed by atoms with E-state index in [4.69, 9.17) is 5.11 Å². The van der Waals surface area contributed by atoms with Crippen LogP contribution >= 0.6 is 0 Å². The molecule has 2 heterocycles. The molecule has 20 heavy (non-hydrogen) atoms. The number of carbonyl (C=O) groups is 4. The summed E-state index contributed by atoms with van der Waals surface area (Å²) >= 11 is 0. The first-order valence-corrected chi connectivity index (χ1v) is 5.74. The highest BCUT2D eigenvalue weighted by atomic mass is 16.4. The number of hydrogen-bond acceptors (Lipinski definition) is 5. The Labute approximate surface area is 113 Å². The number of aromatic nitrogens is 1. The number of hydrogen-bond donors (Lipinski definition) is 2. The predicted molar refractivity (Wildman–Crippen MR) is 64.8 cm³/mol. The van der Waals surface area contributed by atoms with Crippen LogP contribution in [0.25, 0.3) is 0 Å². The Bertz CT molecular complexity index is 596. The van der Waals surface area contributed by atoms with Crippen LogP contribution in [0.5, 0.6) is 0 Å². The number of rotatable bonds is 2. The van der Waals surface area contributed by atoms with E-state index in [1.165, 1.54) is 19.1 Å². The number of piperazine rings is 1. The molecule has 0 spiro atoms. The van der Waals surface area contributed by atoms with Gasteiger partial charge >= 0.3 is 5.97 Å². The summed E-state index contributed by atoms with van der Waals surface area (Å²) in [5.74, 6) is -2.86. The predicted octanol–water partition coefficient (Wildman–Crippen LogP) is -0.733. The number of aromatic carboxylic acids is 1. The van der Waals surface area contributed by atoms with Gasteiger partial charge in [0, 0.05) is 6.20 Å². The minimum atomic E-state index is -1.20. The molecular weight excluding hydrogens is 266 g/mol. The molecule has 1 unspecified atom stereocenters. The van der Waals surface area contributed by atoms with Gasteiger partial charge in [-0.1, -0.05) is 0 Å². The Kier molecular flexibility index (Phi) is 3.47. The molecule has 8 heteroatoms. The summed E-state index contributed by atoms with van der Waals surface area (Å²) in [5, 5.41) is 10.8. The molecule has 0 bridgehead atoms. The molecule has 1 aromatic rings. The van der Waals surface area contributed by atoms with E-state index in [2.05, 4.69) is 10.3 Å². The van der Waals surface area contributed by atoms with Crippen LogP contribution < -0.4 is 5.32 Å². The monoisotopic (exact) mass is 277 g/mol. The third-order valence-electron chi connectivity index (χ3n) is 2.91. The lowest BCUT2D eigenvalue weighted by molar-refractivity contribution is -0.138. The van der Waals surface area contributed by atoms with E-state index in [1.807, 2.05) is 0 Å². The summed E-state index contributed by atoms with van der Waals surface area (Å²) < 4.78 is 0. The van der Waals surface area contributed by atoms with Crippen molar-refractivity contribution in [2.24, 2.45) is 0 Å². The number of nitrogens with one attached hydrogen (secondary N) is 1. The number of carboxylic acids is 1. The zero-order valence-electron chi connectivity index (χ0n) is 10.5. The largest absolute Gasteiger partial charge is 0.477 e. The van der Waals surface area contributed by atoms with Gasteiger partial charge in [0.2, 0.25) is 11.8 Å². The minimum Gasteiger partial charge on any atom is -0.477 e. The first-order valence-electron chi connectivity index (χ1n) is 5.74. The molecule has 0 saturated carbocycles. The molecule has 0 radical (unpaired) electrons. The molecule has 3 amide bonds. The maximum atomic E-state index is 12.2. The third kappa shape index (κ3) is 2.48. The maximum absolute atomic E-state index is 12.2. The van der Waals surface area contributed by atoms with E-state index in [9.17, 15) is 19.2 Å². The molecule has 1 fully saturated rings. The molecule has 2 N–H and O–H groups in total. The van der Waals surface area contributed by atoms with Gasteiger partial charge in [-0.3, -0.25) is 19.7 Å². The SMILES string of the molecule is CC1C(=O)NC(=O)CN1C(=O)c1ccc(C(=O)O)nc1. The summed E-state index contributed by atoms with van der Waals surface area (Å²) in [6, 6.07) is 1.70. The van der Waals surface area contributed by atoms with Gasteiger partial charge in [-0.15, -0.1) is 0 Å². The lowest BCUT2D eigenvalue weighted by Gasteiger charge is -2.31. The van der Waals surface area contributed by atoms with Gasteiger partial charge in [0.05, 0.1) is 5.56 Å². The van der Waals surface area contributed by atoms with Gasteiger partial charge in [0.15, 0.2) is 0 Å². The fourth-order valence-electron chi connectivity index (χ4n) is 1.77. The zero-order valence-corrected chi connectivity index (χ0v) is 10.5. The zero-order chi connectivity index (χ0) is 14.9. The van der Waals surface area contributed by atoms with Gasteiger partial charge in [-0.25, -0.2) is 9.78 Å². The molecule has 8 nitrogen and oxygen atoms in total. The van der Waals surface area contributed by atoms with Crippen LogP contribution in [-0.4, -0.2) is 51.3 Å². The van der Waals surface area contributed by atoms with E-state index in [0.717, 1.165) is 11.1 Å². The molecule has 2 rings (SSSR count). The summed E-state index contributed by atoms with van der Waals surface area (Å²) in [6.07, 6.45) is 1.11. The number of imide groups is 1. The van der Waals surface area contributed by atoms with Crippen molar-refractivity contribution >= 4 is 23.7 Å². The second-order valence-corrected chi connectivity index (χ2v) is 4.26. The van der Waals surface area contributed by atoms with Crippen LogP contribution in [0.4, 0.5) is 0 Å². The quantitative estimate of drug-likeness (QED) is 0.688. The van der Waals surface area contributed by atoms with Crippen LogP contribution in [0.3, 0.4) is 0 Å². The van der Waals surface area contributed by atoms with Gasteiger partial charge < -0.3 is 10.0 Å². The second-order valence-electron chi connectivity index (χ2n) is 4.26. The highest BCUT2D eigenvalue weighted by Gasteiger charge is 2.34. The maximum Gasteiger partial charge on any atom is 0.354 e. The Balaban J connectivity index is 2.23. The summed E-state index contributed by atoms with van der Waals surface area (Å²) in [5.41, 5.74) is -0.0774. The van der Waals surface area contributed by atoms with Crippen molar-refractivity contribution in [1.82, 2.24) is 15.2 Å².